The van der Waals surface area contributed by atoms with Crippen molar-refractivity contribution >= 4 is 42.6 Å². The van der Waals surface area contributed by atoms with Gasteiger partial charge in [0, 0.05) is 16.1 Å². The molecule has 0 aliphatic heterocycles. The second kappa shape index (κ2) is 7.05. The largest absolute Gasteiger partial charge is 0.495 e. The lowest BCUT2D eigenvalue weighted by Crippen LogP contribution is -2.07. The highest BCUT2D eigenvalue weighted by Crippen LogP contribution is 2.30. The van der Waals surface area contributed by atoms with Gasteiger partial charge in [-0.15, -0.1) is 0 Å². The van der Waals surface area contributed by atoms with E-state index in [-0.39, 0.29) is 22.0 Å². The van der Waals surface area contributed by atoms with E-state index in [1.54, 1.807) is 24.3 Å². The van der Waals surface area contributed by atoms with Gasteiger partial charge in [-0.3, -0.25) is 4.98 Å². The average molecular weight is 436 g/mol. The molecular weight excluding hydrogens is 422 g/mol. The number of carbonyl (C=O) groups is 1. The number of nitrogens with zero attached hydrogens (tertiary/aromatic N) is 1. The Morgan fingerprint density at radius 1 is 1.19 bits per heavy atom. The van der Waals surface area contributed by atoms with E-state index in [4.69, 9.17) is 9.84 Å². The minimum atomic E-state index is -3.69. The summed E-state index contributed by atoms with van der Waals surface area (Å²) < 4.78 is 31.4. The van der Waals surface area contributed by atoms with Gasteiger partial charge in [0.15, 0.2) is 9.84 Å². The standard InChI is InChI=1S/C18H14BrNO5S/c1-25-16-5-3-14(19)8-17(16)26(23,24)10-11-6-13-7-12(18(21)22)2-4-15(13)20-9-11/h2-9H,10H2,1H3,(H,21,22). The number of hydrogen-bond acceptors (Lipinski definition) is 5. The van der Waals surface area contributed by atoms with E-state index < -0.39 is 15.8 Å². The number of aromatic carboxylic acids is 1. The Kier molecular flexibility index (Phi) is 4.97. The maximum Gasteiger partial charge on any atom is 0.335 e. The highest BCUT2D eigenvalue weighted by atomic mass is 79.9. The number of halogens is 1. The summed E-state index contributed by atoms with van der Waals surface area (Å²) in [6.45, 7) is 0. The lowest BCUT2D eigenvalue weighted by Gasteiger charge is -2.10. The van der Waals surface area contributed by atoms with Crippen molar-refractivity contribution in [3.05, 3.63) is 64.3 Å². The molecule has 0 amide bonds. The summed E-state index contributed by atoms with van der Waals surface area (Å²) in [4.78, 5) is 15.4. The maximum absolute atomic E-state index is 12.8. The first-order chi connectivity index (χ1) is 12.3. The Labute approximate surface area is 158 Å². The quantitative estimate of drug-likeness (QED) is 0.656. The maximum atomic E-state index is 12.8. The number of rotatable bonds is 5. The number of carboxylic acids is 1. The van der Waals surface area contributed by atoms with Gasteiger partial charge in [0.05, 0.1) is 23.9 Å². The van der Waals surface area contributed by atoms with Crippen molar-refractivity contribution in [2.24, 2.45) is 0 Å². The van der Waals surface area contributed by atoms with Gasteiger partial charge < -0.3 is 9.84 Å². The summed E-state index contributed by atoms with van der Waals surface area (Å²) in [7, 11) is -2.28. The van der Waals surface area contributed by atoms with Crippen LogP contribution in [-0.2, 0) is 15.6 Å². The third kappa shape index (κ3) is 3.71. The Balaban J connectivity index is 2.02. The molecule has 1 aromatic heterocycles. The minimum Gasteiger partial charge on any atom is -0.495 e. The molecule has 3 rings (SSSR count). The van der Waals surface area contributed by atoms with Crippen LogP contribution >= 0.6 is 15.9 Å². The molecule has 0 atom stereocenters. The first kappa shape index (κ1) is 18.3. The van der Waals surface area contributed by atoms with E-state index in [9.17, 15) is 13.2 Å². The lowest BCUT2D eigenvalue weighted by molar-refractivity contribution is 0.0697. The second-order valence-electron chi connectivity index (χ2n) is 5.61. The molecule has 0 bridgehead atoms. The van der Waals surface area contributed by atoms with E-state index >= 15 is 0 Å². The zero-order valence-electron chi connectivity index (χ0n) is 13.6. The molecule has 6 nitrogen and oxygen atoms in total. The Morgan fingerprint density at radius 3 is 2.65 bits per heavy atom. The second-order valence-corrected chi connectivity index (χ2v) is 8.48. The molecule has 0 aliphatic carbocycles. The van der Waals surface area contributed by atoms with Crippen LogP contribution in [0.15, 0.2) is 58.0 Å². The van der Waals surface area contributed by atoms with Crippen LogP contribution in [-0.4, -0.2) is 31.6 Å². The number of ether oxygens (including phenoxy) is 1. The first-order valence-corrected chi connectivity index (χ1v) is 9.93. The summed E-state index contributed by atoms with van der Waals surface area (Å²) in [6, 6.07) is 10.9. The Hall–Kier alpha value is -2.45. The summed E-state index contributed by atoms with van der Waals surface area (Å²) >= 11 is 3.27. The molecule has 1 heterocycles. The number of fused-ring (bicyclic) bond motifs is 1. The zero-order valence-corrected chi connectivity index (χ0v) is 16.0. The number of aromatic nitrogens is 1. The van der Waals surface area contributed by atoms with E-state index in [1.165, 1.54) is 31.5 Å². The average Bonchev–Trinajstić information content (AvgIpc) is 2.60. The fourth-order valence-electron chi connectivity index (χ4n) is 2.58. The molecule has 0 aliphatic rings. The summed E-state index contributed by atoms with van der Waals surface area (Å²) in [5.74, 6) is -1.07. The Bertz CT molecular complexity index is 1110. The van der Waals surface area contributed by atoms with Gasteiger partial charge in [0.25, 0.3) is 0 Å². The van der Waals surface area contributed by atoms with E-state index in [1.807, 2.05) is 0 Å². The topological polar surface area (TPSA) is 93.6 Å². The van der Waals surface area contributed by atoms with E-state index in [0.717, 1.165) is 0 Å². The van der Waals surface area contributed by atoms with Gasteiger partial charge >= 0.3 is 5.97 Å². The number of methoxy groups -OCH3 is 1. The molecule has 0 radical (unpaired) electrons. The van der Waals surface area contributed by atoms with Crippen molar-refractivity contribution in [3.63, 3.8) is 0 Å². The predicted octanol–water partition coefficient (Wildman–Crippen LogP) is 3.68. The molecule has 26 heavy (non-hydrogen) atoms. The number of pyridine rings is 1. The summed E-state index contributed by atoms with van der Waals surface area (Å²) in [5.41, 5.74) is 1.17. The van der Waals surface area contributed by atoms with Crippen LogP contribution < -0.4 is 4.74 Å². The zero-order chi connectivity index (χ0) is 18.9. The van der Waals surface area contributed by atoms with Gasteiger partial charge in [-0.2, -0.15) is 0 Å². The summed E-state index contributed by atoms with van der Waals surface area (Å²) in [5, 5.41) is 9.67. The van der Waals surface area contributed by atoms with Crippen molar-refractivity contribution in [3.8, 4) is 5.75 Å². The first-order valence-electron chi connectivity index (χ1n) is 7.48. The minimum absolute atomic E-state index is 0.0776. The SMILES string of the molecule is COc1ccc(Br)cc1S(=O)(=O)Cc1cnc2ccc(C(=O)O)cc2c1. The van der Waals surface area contributed by atoms with Crippen molar-refractivity contribution in [1.29, 1.82) is 0 Å². The van der Waals surface area contributed by atoms with Crippen LogP contribution in [0.2, 0.25) is 0 Å². The molecule has 3 aromatic rings. The normalized spacial score (nSPS) is 11.5. The third-order valence-corrected chi connectivity index (χ3v) is 6.00. The van der Waals surface area contributed by atoms with Crippen LogP contribution in [0.5, 0.6) is 5.75 Å². The monoisotopic (exact) mass is 435 g/mol. The van der Waals surface area contributed by atoms with Crippen molar-refractivity contribution in [1.82, 2.24) is 4.98 Å². The van der Waals surface area contributed by atoms with E-state index in [2.05, 4.69) is 20.9 Å². The lowest BCUT2D eigenvalue weighted by atomic mass is 10.1. The van der Waals surface area contributed by atoms with Gasteiger partial charge in [0.2, 0.25) is 0 Å². The third-order valence-electron chi connectivity index (χ3n) is 3.80. The Morgan fingerprint density at radius 2 is 1.96 bits per heavy atom. The number of hydrogen-bond donors (Lipinski definition) is 1. The molecule has 0 saturated carbocycles. The van der Waals surface area contributed by atoms with Crippen LogP contribution in [0.25, 0.3) is 10.9 Å². The number of carboxylic acid groups (broad SMARTS) is 1. The van der Waals surface area contributed by atoms with Gasteiger partial charge in [0.1, 0.15) is 10.6 Å². The van der Waals surface area contributed by atoms with Crippen LogP contribution in [0.1, 0.15) is 15.9 Å². The number of benzene rings is 2. The van der Waals surface area contributed by atoms with Gasteiger partial charge in [-0.05, 0) is 48.0 Å². The van der Waals surface area contributed by atoms with Crippen LogP contribution in [0, 0.1) is 0 Å². The van der Waals surface area contributed by atoms with Gasteiger partial charge in [-0.1, -0.05) is 15.9 Å². The molecular formula is C18H14BrNO5S. The molecule has 0 unspecified atom stereocenters. The predicted molar refractivity (Wildman–Crippen MR) is 100 cm³/mol. The van der Waals surface area contributed by atoms with E-state index in [0.29, 0.717) is 20.9 Å². The fourth-order valence-corrected chi connectivity index (χ4v) is 4.61. The van der Waals surface area contributed by atoms with Gasteiger partial charge in [-0.25, -0.2) is 13.2 Å². The molecule has 0 fully saturated rings. The van der Waals surface area contributed by atoms with Crippen LogP contribution in [0.3, 0.4) is 0 Å². The molecule has 134 valence electrons. The molecule has 8 heteroatoms. The van der Waals surface area contributed by atoms with Crippen molar-refractivity contribution < 1.29 is 23.1 Å². The smallest absolute Gasteiger partial charge is 0.335 e. The highest BCUT2D eigenvalue weighted by molar-refractivity contribution is 9.10. The fraction of sp³-hybridized carbons (Fsp3) is 0.111. The van der Waals surface area contributed by atoms with Crippen molar-refractivity contribution in [2.45, 2.75) is 10.6 Å². The summed E-state index contributed by atoms with van der Waals surface area (Å²) in [6.07, 6.45) is 1.48. The molecule has 0 saturated heterocycles. The highest BCUT2D eigenvalue weighted by Gasteiger charge is 2.21. The molecule has 2 aromatic carbocycles. The number of sulfone groups is 1. The van der Waals surface area contributed by atoms with Crippen molar-refractivity contribution in [2.75, 3.05) is 7.11 Å². The molecule has 1 N–H and O–H groups in total. The molecule has 0 spiro atoms. The van der Waals surface area contributed by atoms with Crippen LogP contribution in [0.4, 0.5) is 0 Å².